The van der Waals surface area contributed by atoms with Crippen LogP contribution in [0.15, 0.2) is 12.4 Å². The highest BCUT2D eigenvalue weighted by atomic mass is 16.5. The smallest absolute Gasteiger partial charge is 0.0522 e. The molecule has 1 N–H and O–H groups in total. The van der Waals surface area contributed by atoms with Crippen molar-refractivity contribution in [3.63, 3.8) is 0 Å². The molecule has 1 aromatic rings. The van der Waals surface area contributed by atoms with Crippen LogP contribution in [0.3, 0.4) is 0 Å². The summed E-state index contributed by atoms with van der Waals surface area (Å²) < 4.78 is 7.52. The lowest BCUT2D eigenvalue weighted by atomic mass is 9.94. The van der Waals surface area contributed by atoms with E-state index in [9.17, 15) is 0 Å². The molecular weight excluding hydrogens is 226 g/mol. The zero-order valence-corrected chi connectivity index (χ0v) is 11.6. The van der Waals surface area contributed by atoms with Crippen LogP contribution in [0.5, 0.6) is 0 Å². The first-order valence-electron chi connectivity index (χ1n) is 7.16. The van der Waals surface area contributed by atoms with Gasteiger partial charge in [-0.1, -0.05) is 6.92 Å². The van der Waals surface area contributed by atoms with Gasteiger partial charge in [0.05, 0.1) is 12.8 Å². The topological polar surface area (TPSA) is 39.1 Å². The van der Waals surface area contributed by atoms with E-state index < -0.39 is 0 Å². The Labute approximate surface area is 110 Å². The van der Waals surface area contributed by atoms with Crippen LogP contribution in [-0.4, -0.2) is 35.6 Å². The average Bonchev–Trinajstić information content (AvgIpc) is 3.05. The molecule has 2 atom stereocenters. The van der Waals surface area contributed by atoms with Gasteiger partial charge in [-0.3, -0.25) is 4.68 Å². The second-order valence-corrected chi connectivity index (χ2v) is 5.09. The molecule has 0 amide bonds. The average molecular weight is 251 g/mol. The Morgan fingerprint density at radius 2 is 2.44 bits per heavy atom. The van der Waals surface area contributed by atoms with E-state index in [2.05, 4.69) is 30.5 Å². The fourth-order valence-electron chi connectivity index (χ4n) is 2.54. The van der Waals surface area contributed by atoms with Crippen molar-refractivity contribution < 1.29 is 4.74 Å². The fourth-order valence-corrected chi connectivity index (χ4v) is 2.54. The van der Waals surface area contributed by atoms with Crippen LogP contribution >= 0.6 is 0 Å². The standard InChI is InChI=1S/C14H25N3O/c1-3-6-15-14(13-5-7-18-11-13)8-12-9-16-17(4-2)10-12/h9-10,13-15H,3-8,11H2,1-2H3. The van der Waals surface area contributed by atoms with E-state index in [-0.39, 0.29) is 0 Å². The van der Waals surface area contributed by atoms with Crippen molar-refractivity contribution in [3.05, 3.63) is 18.0 Å². The maximum atomic E-state index is 5.52. The highest BCUT2D eigenvalue weighted by Gasteiger charge is 2.25. The van der Waals surface area contributed by atoms with Crippen molar-refractivity contribution in [3.8, 4) is 0 Å². The zero-order valence-electron chi connectivity index (χ0n) is 11.6. The van der Waals surface area contributed by atoms with Gasteiger partial charge in [-0.15, -0.1) is 0 Å². The summed E-state index contributed by atoms with van der Waals surface area (Å²) in [5.74, 6) is 0.654. The van der Waals surface area contributed by atoms with Crippen LogP contribution in [0.2, 0.25) is 0 Å². The van der Waals surface area contributed by atoms with Crippen LogP contribution in [0.25, 0.3) is 0 Å². The monoisotopic (exact) mass is 251 g/mol. The van der Waals surface area contributed by atoms with E-state index in [0.29, 0.717) is 12.0 Å². The first kappa shape index (κ1) is 13.6. The maximum absolute atomic E-state index is 5.52. The first-order valence-corrected chi connectivity index (χ1v) is 7.16. The lowest BCUT2D eigenvalue weighted by Crippen LogP contribution is -2.38. The van der Waals surface area contributed by atoms with Gasteiger partial charge in [0.25, 0.3) is 0 Å². The second kappa shape index (κ2) is 6.90. The van der Waals surface area contributed by atoms with Crippen molar-refractivity contribution in [2.75, 3.05) is 19.8 Å². The molecule has 0 saturated carbocycles. The van der Waals surface area contributed by atoms with Gasteiger partial charge in [0.15, 0.2) is 0 Å². The van der Waals surface area contributed by atoms with Gasteiger partial charge in [0, 0.05) is 31.3 Å². The first-order chi connectivity index (χ1) is 8.83. The van der Waals surface area contributed by atoms with Gasteiger partial charge in [0.2, 0.25) is 0 Å². The number of aryl methyl sites for hydroxylation is 1. The number of hydrogen-bond donors (Lipinski definition) is 1. The van der Waals surface area contributed by atoms with Crippen LogP contribution in [0, 0.1) is 5.92 Å². The Morgan fingerprint density at radius 1 is 1.56 bits per heavy atom. The number of ether oxygens (including phenoxy) is 1. The number of aromatic nitrogens is 2. The molecule has 4 nitrogen and oxygen atoms in total. The van der Waals surface area contributed by atoms with E-state index in [1.165, 1.54) is 18.4 Å². The summed E-state index contributed by atoms with van der Waals surface area (Å²) >= 11 is 0. The molecule has 0 bridgehead atoms. The fraction of sp³-hybridized carbons (Fsp3) is 0.786. The van der Waals surface area contributed by atoms with E-state index in [4.69, 9.17) is 4.74 Å². The summed E-state index contributed by atoms with van der Waals surface area (Å²) in [5.41, 5.74) is 1.33. The molecule has 0 aromatic carbocycles. The van der Waals surface area contributed by atoms with E-state index in [0.717, 1.165) is 32.7 Å². The molecule has 102 valence electrons. The van der Waals surface area contributed by atoms with E-state index in [1.807, 2.05) is 10.9 Å². The van der Waals surface area contributed by atoms with Gasteiger partial charge >= 0.3 is 0 Å². The van der Waals surface area contributed by atoms with Crippen LogP contribution in [0.4, 0.5) is 0 Å². The SMILES string of the molecule is CCCNC(Cc1cnn(CC)c1)C1CCOC1. The van der Waals surface area contributed by atoms with Crippen molar-refractivity contribution in [2.24, 2.45) is 5.92 Å². The molecule has 1 saturated heterocycles. The molecule has 0 spiro atoms. The molecule has 1 fully saturated rings. The van der Waals surface area contributed by atoms with Gasteiger partial charge in [-0.05, 0) is 38.3 Å². The molecular formula is C14H25N3O. The minimum atomic E-state index is 0.530. The number of rotatable bonds is 7. The Morgan fingerprint density at radius 3 is 3.06 bits per heavy atom. The molecule has 0 aliphatic carbocycles. The largest absolute Gasteiger partial charge is 0.381 e. The van der Waals surface area contributed by atoms with Crippen molar-refractivity contribution in [2.45, 2.75) is 45.7 Å². The molecule has 1 aliphatic heterocycles. The Bertz CT molecular complexity index is 345. The molecule has 2 rings (SSSR count). The quantitative estimate of drug-likeness (QED) is 0.804. The third kappa shape index (κ3) is 3.56. The minimum absolute atomic E-state index is 0.530. The maximum Gasteiger partial charge on any atom is 0.0522 e. The Hall–Kier alpha value is -0.870. The van der Waals surface area contributed by atoms with Gasteiger partial charge < -0.3 is 10.1 Å². The predicted octanol–water partition coefficient (Wildman–Crippen LogP) is 1.85. The molecule has 0 radical (unpaired) electrons. The van der Waals surface area contributed by atoms with E-state index in [1.54, 1.807) is 0 Å². The minimum Gasteiger partial charge on any atom is -0.381 e. The summed E-state index contributed by atoms with van der Waals surface area (Å²) in [7, 11) is 0. The number of hydrogen-bond acceptors (Lipinski definition) is 3. The van der Waals surface area contributed by atoms with Crippen LogP contribution in [-0.2, 0) is 17.7 Å². The predicted molar refractivity (Wildman–Crippen MR) is 72.6 cm³/mol. The third-order valence-corrected chi connectivity index (χ3v) is 3.66. The van der Waals surface area contributed by atoms with Crippen LogP contribution < -0.4 is 5.32 Å². The molecule has 4 heteroatoms. The van der Waals surface area contributed by atoms with Crippen molar-refractivity contribution in [1.82, 2.24) is 15.1 Å². The molecule has 2 heterocycles. The van der Waals surface area contributed by atoms with Gasteiger partial charge in [-0.25, -0.2) is 0 Å². The lowest BCUT2D eigenvalue weighted by Gasteiger charge is -2.23. The van der Waals surface area contributed by atoms with Gasteiger partial charge in [0.1, 0.15) is 0 Å². The molecule has 2 unspecified atom stereocenters. The number of nitrogens with zero attached hydrogens (tertiary/aromatic N) is 2. The summed E-state index contributed by atoms with van der Waals surface area (Å²) in [4.78, 5) is 0. The summed E-state index contributed by atoms with van der Waals surface area (Å²) in [6.07, 6.45) is 7.59. The third-order valence-electron chi connectivity index (χ3n) is 3.66. The molecule has 18 heavy (non-hydrogen) atoms. The summed E-state index contributed by atoms with van der Waals surface area (Å²) in [6, 6.07) is 0.530. The highest BCUT2D eigenvalue weighted by Crippen LogP contribution is 2.20. The zero-order chi connectivity index (χ0) is 12.8. The summed E-state index contributed by atoms with van der Waals surface area (Å²) in [5, 5.41) is 8.02. The normalized spacial score (nSPS) is 21.3. The van der Waals surface area contributed by atoms with Crippen LogP contribution in [0.1, 0.15) is 32.3 Å². The molecule has 1 aliphatic rings. The second-order valence-electron chi connectivity index (χ2n) is 5.09. The lowest BCUT2D eigenvalue weighted by molar-refractivity contribution is 0.176. The number of nitrogens with one attached hydrogen (secondary N) is 1. The summed E-state index contributed by atoms with van der Waals surface area (Å²) in [6.45, 7) is 8.19. The Kier molecular flexibility index (Phi) is 5.20. The van der Waals surface area contributed by atoms with Gasteiger partial charge in [-0.2, -0.15) is 5.10 Å². The van der Waals surface area contributed by atoms with E-state index >= 15 is 0 Å². The van der Waals surface area contributed by atoms with Crippen molar-refractivity contribution in [1.29, 1.82) is 0 Å². The highest BCUT2D eigenvalue weighted by molar-refractivity contribution is 5.07. The molecule has 1 aromatic heterocycles. The Balaban J connectivity index is 1.94. The van der Waals surface area contributed by atoms with Crippen molar-refractivity contribution >= 4 is 0 Å².